The van der Waals surface area contributed by atoms with Crippen molar-refractivity contribution >= 4 is 17.9 Å². The third-order valence-electron chi connectivity index (χ3n) is 5.37. The minimum atomic E-state index is -0.775. The molecule has 0 radical (unpaired) electrons. The predicted octanol–water partition coefficient (Wildman–Crippen LogP) is 4.80. The van der Waals surface area contributed by atoms with Crippen LogP contribution in [0.3, 0.4) is 0 Å². The maximum Gasteiger partial charge on any atom is 0.408 e. The average molecular weight is 462 g/mol. The van der Waals surface area contributed by atoms with Crippen LogP contribution in [0, 0.1) is 13.8 Å². The zero-order valence-electron chi connectivity index (χ0n) is 21.7. The lowest BCUT2D eigenvalue weighted by atomic mass is 9.98. The first-order valence-corrected chi connectivity index (χ1v) is 12.0. The zero-order chi connectivity index (χ0) is 25.2. The van der Waals surface area contributed by atoms with E-state index in [0.717, 1.165) is 42.4 Å². The second kappa shape index (κ2) is 13.2. The monoisotopic (exact) mass is 461 g/mol. The second-order valence-corrected chi connectivity index (χ2v) is 9.74. The van der Waals surface area contributed by atoms with Gasteiger partial charge >= 0.3 is 6.09 Å². The molecule has 0 aliphatic carbocycles. The van der Waals surface area contributed by atoms with E-state index in [2.05, 4.69) is 17.6 Å². The minimum absolute atomic E-state index is 0.000407. The number of unbranched alkanes of at least 4 members (excludes halogenated alkanes) is 1. The molecule has 0 saturated heterocycles. The molecule has 1 aromatic rings. The van der Waals surface area contributed by atoms with Crippen molar-refractivity contribution in [1.29, 1.82) is 0 Å². The van der Waals surface area contributed by atoms with Gasteiger partial charge in [-0.1, -0.05) is 44.9 Å². The van der Waals surface area contributed by atoms with E-state index in [1.807, 2.05) is 45.9 Å². The molecule has 0 bridgehead atoms. The van der Waals surface area contributed by atoms with Crippen LogP contribution in [0.2, 0.25) is 0 Å². The van der Waals surface area contributed by atoms with Gasteiger partial charge in [-0.3, -0.25) is 9.59 Å². The molecule has 33 heavy (non-hydrogen) atoms. The van der Waals surface area contributed by atoms with E-state index in [0.29, 0.717) is 6.54 Å². The van der Waals surface area contributed by atoms with Gasteiger partial charge in [-0.2, -0.15) is 0 Å². The van der Waals surface area contributed by atoms with Crippen LogP contribution < -0.4 is 10.6 Å². The Morgan fingerprint density at radius 1 is 1.06 bits per heavy atom. The maximum absolute atomic E-state index is 13.4. The SMILES string of the molecule is CCCCN(C(=O)CNC(=O)OC(C)(C)C)C(C(=O)NC(C)CCC)c1ccc(C)c(C)c1. The van der Waals surface area contributed by atoms with Crippen LogP contribution in [-0.4, -0.2) is 47.5 Å². The molecular weight excluding hydrogens is 418 g/mol. The number of rotatable bonds is 11. The highest BCUT2D eigenvalue weighted by Crippen LogP contribution is 2.25. The number of ether oxygens (including phenoxy) is 1. The van der Waals surface area contributed by atoms with Crippen molar-refractivity contribution < 1.29 is 19.1 Å². The minimum Gasteiger partial charge on any atom is -0.444 e. The average Bonchev–Trinajstić information content (AvgIpc) is 2.70. The Morgan fingerprint density at radius 2 is 1.73 bits per heavy atom. The first-order chi connectivity index (χ1) is 15.4. The van der Waals surface area contributed by atoms with Crippen molar-refractivity contribution in [2.75, 3.05) is 13.1 Å². The summed E-state index contributed by atoms with van der Waals surface area (Å²) in [5.41, 5.74) is 2.28. The number of benzene rings is 1. The van der Waals surface area contributed by atoms with Crippen LogP contribution in [0.5, 0.6) is 0 Å². The Bertz CT molecular complexity index is 801. The molecule has 0 spiro atoms. The lowest BCUT2D eigenvalue weighted by Crippen LogP contribution is -2.49. The summed E-state index contributed by atoms with van der Waals surface area (Å²) in [7, 11) is 0. The van der Waals surface area contributed by atoms with Crippen LogP contribution in [0.4, 0.5) is 4.79 Å². The Kier molecular flexibility index (Phi) is 11.4. The summed E-state index contributed by atoms with van der Waals surface area (Å²) in [6, 6.07) is 5.08. The molecule has 3 amide bonds. The van der Waals surface area contributed by atoms with Crippen molar-refractivity contribution in [3.8, 4) is 0 Å². The van der Waals surface area contributed by atoms with E-state index in [1.165, 1.54) is 0 Å². The Hall–Kier alpha value is -2.57. The van der Waals surface area contributed by atoms with Crippen LogP contribution in [0.25, 0.3) is 0 Å². The fraction of sp³-hybridized carbons (Fsp3) is 0.654. The molecule has 7 heteroatoms. The molecule has 1 aromatic carbocycles. The summed E-state index contributed by atoms with van der Waals surface area (Å²) < 4.78 is 5.25. The number of hydrogen-bond donors (Lipinski definition) is 2. The fourth-order valence-electron chi connectivity index (χ4n) is 3.52. The van der Waals surface area contributed by atoms with E-state index in [-0.39, 0.29) is 24.4 Å². The topological polar surface area (TPSA) is 87.7 Å². The second-order valence-electron chi connectivity index (χ2n) is 9.74. The third kappa shape index (κ3) is 9.84. The van der Waals surface area contributed by atoms with Crippen molar-refractivity contribution in [2.45, 2.75) is 98.8 Å². The molecular formula is C26H43N3O4. The molecule has 0 aromatic heterocycles. The van der Waals surface area contributed by atoms with E-state index in [9.17, 15) is 14.4 Å². The van der Waals surface area contributed by atoms with Crippen molar-refractivity contribution in [3.63, 3.8) is 0 Å². The highest BCUT2D eigenvalue weighted by Gasteiger charge is 2.32. The largest absolute Gasteiger partial charge is 0.444 e. The molecule has 2 atom stereocenters. The number of hydrogen-bond acceptors (Lipinski definition) is 4. The number of aryl methyl sites for hydroxylation is 2. The van der Waals surface area contributed by atoms with E-state index in [4.69, 9.17) is 4.74 Å². The highest BCUT2D eigenvalue weighted by atomic mass is 16.6. The molecule has 1 rings (SSSR count). The van der Waals surface area contributed by atoms with Crippen molar-refractivity contribution in [3.05, 3.63) is 34.9 Å². The smallest absolute Gasteiger partial charge is 0.408 e. The van der Waals surface area contributed by atoms with Crippen LogP contribution in [-0.2, 0) is 14.3 Å². The standard InChI is InChI=1S/C26H43N3O4/c1-9-11-15-29(22(30)17-27-25(32)33-26(6,7)8)23(24(31)28-20(5)12-10-2)21-14-13-18(3)19(4)16-21/h13-14,16,20,23H,9-12,15,17H2,1-8H3,(H,27,32)(H,28,31). The third-order valence-corrected chi connectivity index (χ3v) is 5.37. The van der Waals surface area contributed by atoms with Gasteiger partial charge in [-0.25, -0.2) is 4.79 Å². The normalized spacial score (nSPS) is 13.1. The molecule has 0 saturated carbocycles. The number of carbonyl (C=O) groups is 3. The number of nitrogens with one attached hydrogen (secondary N) is 2. The van der Waals surface area contributed by atoms with E-state index >= 15 is 0 Å². The Balaban J connectivity index is 3.23. The number of carbonyl (C=O) groups excluding carboxylic acids is 3. The van der Waals surface area contributed by atoms with Gasteiger partial charge in [0.15, 0.2) is 0 Å². The predicted molar refractivity (Wildman–Crippen MR) is 132 cm³/mol. The summed E-state index contributed by atoms with van der Waals surface area (Å²) in [5, 5.41) is 5.61. The Labute approximate surface area is 199 Å². The van der Waals surface area contributed by atoms with Crippen LogP contribution in [0.1, 0.15) is 90.0 Å². The van der Waals surface area contributed by atoms with Crippen LogP contribution in [0.15, 0.2) is 18.2 Å². The van der Waals surface area contributed by atoms with Gasteiger partial charge < -0.3 is 20.3 Å². The molecule has 2 unspecified atom stereocenters. The van der Waals surface area contributed by atoms with E-state index < -0.39 is 17.7 Å². The van der Waals surface area contributed by atoms with Crippen molar-refractivity contribution in [1.82, 2.24) is 15.5 Å². The lowest BCUT2D eigenvalue weighted by molar-refractivity contribution is -0.140. The highest BCUT2D eigenvalue weighted by molar-refractivity contribution is 5.90. The molecule has 7 nitrogen and oxygen atoms in total. The molecule has 186 valence electrons. The zero-order valence-corrected chi connectivity index (χ0v) is 21.7. The number of amides is 3. The Morgan fingerprint density at radius 3 is 2.27 bits per heavy atom. The summed E-state index contributed by atoms with van der Waals surface area (Å²) in [5.74, 6) is -0.531. The van der Waals surface area contributed by atoms with Gasteiger partial charge in [0.1, 0.15) is 18.2 Å². The van der Waals surface area contributed by atoms with Gasteiger partial charge in [0.25, 0.3) is 0 Å². The van der Waals surface area contributed by atoms with Gasteiger partial charge in [0, 0.05) is 12.6 Å². The summed E-state index contributed by atoms with van der Waals surface area (Å²) >= 11 is 0. The van der Waals surface area contributed by atoms with Crippen molar-refractivity contribution in [2.24, 2.45) is 0 Å². The molecule has 0 fully saturated rings. The molecule has 0 aliphatic heterocycles. The van der Waals surface area contributed by atoms with Gasteiger partial charge in [-0.05, 0) is 71.1 Å². The first kappa shape index (κ1) is 28.5. The summed E-state index contributed by atoms with van der Waals surface area (Å²) in [6.45, 7) is 15.6. The number of alkyl carbamates (subject to hydrolysis) is 1. The fourth-order valence-corrected chi connectivity index (χ4v) is 3.52. The van der Waals surface area contributed by atoms with Gasteiger partial charge in [0.05, 0.1) is 0 Å². The molecule has 2 N–H and O–H groups in total. The summed E-state index contributed by atoms with van der Waals surface area (Å²) in [6.07, 6.45) is 2.77. The maximum atomic E-state index is 13.4. The van der Waals surface area contributed by atoms with Gasteiger partial charge in [-0.15, -0.1) is 0 Å². The van der Waals surface area contributed by atoms with Gasteiger partial charge in [0.2, 0.25) is 11.8 Å². The quantitative estimate of drug-likeness (QED) is 0.495. The summed E-state index contributed by atoms with van der Waals surface area (Å²) in [4.78, 5) is 40.4. The molecule has 0 aliphatic rings. The molecule has 0 heterocycles. The van der Waals surface area contributed by atoms with E-state index in [1.54, 1.807) is 25.7 Å². The lowest BCUT2D eigenvalue weighted by Gasteiger charge is -2.33. The van der Waals surface area contributed by atoms with Crippen LogP contribution >= 0.6 is 0 Å². The number of nitrogens with zero attached hydrogens (tertiary/aromatic N) is 1. The first-order valence-electron chi connectivity index (χ1n) is 12.0.